The van der Waals surface area contributed by atoms with Crippen molar-refractivity contribution in [2.75, 3.05) is 12.3 Å². The number of nitrogens with two attached hydrogens (primary N) is 1. The van der Waals surface area contributed by atoms with Gasteiger partial charge in [-0.15, -0.1) is 10.2 Å². The summed E-state index contributed by atoms with van der Waals surface area (Å²) in [5, 5.41) is 13.4. The molecule has 0 aromatic carbocycles. The highest BCUT2D eigenvalue weighted by Crippen LogP contribution is 2.17. The van der Waals surface area contributed by atoms with Crippen molar-refractivity contribution in [1.29, 1.82) is 0 Å². The fourth-order valence-corrected chi connectivity index (χ4v) is 2.71. The summed E-state index contributed by atoms with van der Waals surface area (Å²) in [7, 11) is 1.93. The molecule has 0 saturated heterocycles. The van der Waals surface area contributed by atoms with Crippen molar-refractivity contribution in [3.8, 4) is 0 Å². The van der Waals surface area contributed by atoms with E-state index >= 15 is 0 Å². The molecule has 7 heteroatoms. The van der Waals surface area contributed by atoms with Crippen LogP contribution in [0.4, 0.5) is 0 Å². The van der Waals surface area contributed by atoms with Crippen LogP contribution in [0.15, 0.2) is 17.6 Å². The molecule has 0 spiro atoms. The number of nitrogens with zero attached hydrogens (tertiary/aromatic N) is 5. The molecule has 0 unspecified atom stereocenters. The van der Waals surface area contributed by atoms with Gasteiger partial charge in [0, 0.05) is 32.1 Å². The van der Waals surface area contributed by atoms with E-state index in [9.17, 15) is 0 Å². The Kier molecular flexibility index (Phi) is 4.38. The monoisotopic (exact) mass is 266 g/mol. The molecule has 98 valence electrons. The molecule has 2 heterocycles. The first-order valence-corrected chi connectivity index (χ1v) is 6.89. The molecule has 2 aromatic rings. The third-order valence-corrected chi connectivity index (χ3v) is 3.60. The van der Waals surface area contributed by atoms with Gasteiger partial charge in [0.2, 0.25) is 0 Å². The molecule has 0 aliphatic heterocycles. The third kappa shape index (κ3) is 3.11. The van der Waals surface area contributed by atoms with Crippen LogP contribution in [0.1, 0.15) is 11.4 Å². The van der Waals surface area contributed by atoms with Crippen LogP contribution in [0.25, 0.3) is 0 Å². The minimum absolute atomic E-state index is 0.606. The molecule has 0 amide bonds. The summed E-state index contributed by atoms with van der Waals surface area (Å²) in [6.07, 6.45) is 4.92. The second kappa shape index (κ2) is 6.01. The molecule has 2 rings (SSSR count). The number of hydrogen-bond acceptors (Lipinski definition) is 5. The highest BCUT2D eigenvalue weighted by atomic mass is 32.2. The Balaban J connectivity index is 1.90. The second-order valence-electron chi connectivity index (χ2n) is 4.09. The Morgan fingerprint density at radius 1 is 1.39 bits per heavy atom. The van der Waals surface area contributed by atoms with E-state index < -0.39 is 0 Å². The van der Waals surface area contributed by atoms with Crippen LogP contribution in [-0.4, -0.2) is 36.8 Å². The smallest absolute Gasteiger partial charge is 0.191 e. The minimum atomic E-state index is 0.606. The van der Waals surface area contributed by atoms with Crippen molar-refractivity contribution >= 4 is 11.8 Å². The Bertz CT molecular complexity index is 503. The number of hydrogen-bond donors (Lipinski definition) is 1. The largest absolute Gasteiger partial charge is 0.329 e. The van der Waals surface area contributed by atoms with Crippen LogP contribution in [0.3, 0.4) is 0 Å². The maximum Gasteiger partial charge on any atom is 0.191 e. The topological polar surface area (TPSA) is 74.5 Å². The van der Waals surface area contributed by atoms with Gasteiger partial charge in [-0.25, -0.2) is 0 Å². The van der Waals surface area contributed by atoms with Gasteiger partial charge < -0.3 is 10.3 Å². The van der Waals surface area contributed by atoms with Gasteiger partial charge in [0.15, 0.2) is 5.16 Å². The molecule has 2 aromatic heterocycles. The van der Waals surface area contributed by atoms with Crippen molar-refractivity contribution in [3.63, 3.8) is 0 Å². The van der Waals surface area contributed by atoms with E-state index in [-0.39, 0.29) is 0 Å². The Labute approximate surface area is 111 Å². The average Bonchev–Trinajstić information content (AvgIpc) is 2.90. The van der Waals surface area contributed by atoms with E-state index in [1.807, 2.05) is 31.0 Å². The molecular weight excluding hydrogens is 248 g/mol. The van der Waals surface area contributed by atoms with Crippen molar-refractivity contribution in [2.24, 2.45) is 12.8 Å². The van der Waals surface area contributed by atoms with E-state index in [1.54, 1.807) is 11.8 Å². The van der Waals surface area contributed by atoms with Crippen LogP contribution in [0.5, 0.6) is 0 Å². The normalized spacial score (nSPS) is 11.1. The second-order valence-corrected chi connectivity index (χ2v) is 5.15. The molecule has 0 saturated carbocycles. The first-order valence-electron chi connectivity index (χ1n) is 5.91. The van der Waals surface area contributed by atoms with Gasteiger partial charge in [0.05, 0.1) is 6.20 Å². The quantitative estimate of drug-likeness (QED) is 0.776. The predicted molar refractivity (Wildman–Crippen MR) is 71.4 cm³/mol. The molecule has 0 aliphatic rings. The zero-order valence-electron chi connectivity index (χ0n) is 10.7. The zero-order chi connectivity index (χ0) is 13.0. The van der Waals surface area contributed by atoms with Crippen LogP contribution >= 0.6 is 11.8 Å². The molecule has 0 fully saturated rings. The van der Waals surface area contributed by atoms with Crippen LogP contribution in [0, 0.1) is 6.92 Å². The van der Waals surface area contributed by atoms with Gasteiger partial charge >= 0.3 is 0 Å². The van der Waals surface area contributed by atoms with E-state index in [4.69, 9.17) is 5.73 Å². The van der Waals surface area contributed by atoms with Crippen molar-refractivity contribution in [1.82, 2.24) is 24.5 Å². The molecular formula is C11H18N6S. The van der Waals surface area contributed by atoms with Crippen LogP contribution in [-0.2, 0) is 20.0 Å². The first-order chi connectivity index (χ1) is 8.70. The lowest BCUT2D eigenvalue weighted by atomic mass is 10.3. The molecule has 0 radical (unpaired) electrons. The van der Waals surface area contributed by atoms with Gasteiger partial charge in [-0.05, 0) is 18.9 Å². The molecule has 2 N–H and O–H groups in total. The number of thioether (sulfide) groups is 1. The Hall–Kier alpha value is -1.34. The fraction of sp³-hybridized carbons (Fsp3) is 0.545. The van der Waals surface area contributed by atoms with Gasteiger partial charge in [-0.1, -0.05) is 11.8 Å². The predicted octanol–water partition coefficient (Wildman–Crippen LogP) is 0.614. The summed E-state index contributed by atoms with van der Waals surface area (Å²) in [4.78, 5) is 0. The number of aromatic nitrogens is 5. The molecule has 0 atom stereocenters. The third-order valence-electron chi connectivity index (χ3n) is 2.63. The Morgan fingerprint density at radius 3 is 2.89 bits per heavy atom. The van der Waals surface area contributed by atoms with Crippen LogP contribution < -0.4 is 5.73 Å². The van der Waals surface area contributed by atoms with E-state index in [1.165, 1.54) is 5.56 Å². The van der Waals surface area contributed by atoms with Gasteiger partial charge in [-0.3, -0.25) is 4.68 Å². The SMILES string of the molecule is Cc1nnc(SCCc2cnn(C)c2)n1CCN. The maximum absolute atomic E-state index is 5.58. The average molecular weight is 266 g/mol. The summed E-state index contributed by atoms with van der Waals surface area (Å²) in [6.45, 7) is 3.33. The first kappa shape index (κ1) is 13.1. The van der Waals surface area contributed by atoms with Crippen molar-refractivity contribution in [3.05, 3.63) is 23.8 Å². The van der Waals surface area contributed by atoms with E-state index in [0.29, 0.717) is 6.54 Å². The van der Waals surface area contributed by atoms with E-state index in [0.717, 1.165) is 29.7 Å². The summed E-state index contributed by atoms with van der Waals surface area (Å²) in [6, 6.07) is 0. The fourth-order valence-electron chi connectivity index (χ4n) is 1.72. The van der Waals surface area contributed by atoms with Crippen LogP contribution in [0.2, 0.25) is 0 Å². The molecule has 0 bridgehead atoms. The highest BCUT2D eigenvalue weighted by Gasteiger charge is 2.08. The zero-order valence-corrected chi connectivity index (χ0v) is 11.5. The minimum Gasteiger partial charge on any atom is -0.329 e. The van der Waals surface area contributed by atoms with Crippen molar-refractivity contribution in [2.45, 2.75) is 25.0 Å². The van der Waals surface area contributed by atoms with E-state index in [2.05, 4.69) is 19.9 Å². The molecule has 6 nitrogen and oxygen atoms in total. The summed E-state index contributed by atoms with van der Waals surface area (Å²) in [5.41, 5.74) is 6.83. The lowest BCUT2D eigenvalue weighted by Gasteiger charge is -2.05. The lowest BCUT2D eigenvalue weighted by molar-refractivity contribution is 0.627. The standard InChI is InChI=1S/C11H18N6S/c1-9-14-15-11(17(9)5-4-12)18-6-3-10-7-13-16(2)8-10/h7-8H,3-6,12H2,1-2H3. The Morgan fingerprint density at radius 2 is 2.22 bits per heavy atom. The van der Waals surface area contributed by atoms with Gasteiger partial charge in [-0.2, -0.15) is 5.10 Å². The lowest BCUT2D eigenvalue weighted by Crippen LogP contribution is -2.12. The maximum atomic E-state index is 5.58. The van der Waals surface area contributed by atoms with Gasteiger partial charge in [0.25, 0.3) is 0 Å². The summed E-state index contributed by atoms with van der Waals surface area (Å²) < 4.78 is 3.88. The molecule has 0 aliphatic carbocycles. The molecule has 18 heavy (non-hydrogen) atoms. The highest BCUT2D eigenvalue weighted by molar-refractivity contribution is 7.99. The summed E-state index contributed by atoms with van der Waals surface area (Å²) >= 11 is 1.71. The number of rotatable bonds is 6. The summed E-state index contributed by atoms with van der Waals surface area (Å²) in [5.74, 6) is 1.89. The van der Waals surface area contributed by atoms with Gasteiger partial charge in [0.1, 0.15) is 5.82 Å². The number of aryl methyl sites for hydroxylation is 3. The van der Waals surface area contributed by atoms with Crippen molar-refractivity contribution < 1.29 is 0 Å².